The highest BCUT2D eigenvalue weighted by Crippen LogP contribution is 2.23. The van der Waals surface area contributed by atoms with Crippen molar-refractivity contribution in [2.45, 2.75) is 26.7 Å². The molecule has 0 fully saturated rings. The summed E-state index contributed by atoms with van der Waals surface area (Å²) in [5.41, 5.74) is 6.32. The molecule has 0 saturated heterocycles. The Balaban J connectivity index is 2.50. The summed E-state index contributed by atoms with van der Waals surface area (Å²) in [6.07, 6.45) is 1.90. The molecule has 0 heterocycles. The van der Waals surface area contributed by atoms with E-state index in [1.165, 1.54) is 0 Å². The summed E-state index contributed by atoms with van der Waals surface area (Å²) >= 11 is 5.83. The maximum atomic E-state index is 11.7. The fourth-order valence-corrected chi connectivity index (χ4v) is 1.62. The number of carbonyl (C=O) groups excluding carboxylic acids is 1. The van der Waals surface area contributed by atoms with Crippen molar-refractivity contribution in [2.75, 3.05) is 12.3 Å². The third kappa shape index (κ3) is 4.27. The molecule has 94 valence electrons. The molecule has 0 atom stereocenters. The average Bonchev–Trinajstić information content (AvgIpc) is 2.27. The highest BCUT2D eigenvalue weighted by atomic mass is 35.5. The number of para-hydroxylation sites is 1. The first-order valence-corrected chi connectivity index (χ1v) is 6.11. The largest absolute Gasteiger partial charge is 0.462 e. The lowest BCUT2D eigenvalue weighted by atomic mass is 10.1. The fourth-order valence-electron chi connectivity index (χ4n) is 1.45. The van der Waals surface area contributed by atoms with Gasteiger partial charge in [0.25, 0.3) is 0 Å². The Kier molecular flexibility index (Phi) is 5.29. The van der Waals surface area contributed by atoms with Crippen molar-refractivity contribution in [1.29, 1.82) is 0 Å². The van der Waals surface area contributed by atoms with Gasteiger partial charge in [0.2, 0.25) is 0 Å². The molecule has 3 nitrogen and oxygen atoms in total. The number of halogens is 1. The van der Waals surface area contributed by atoms with E-state index in [9.17, 15) is 4.79 Å². The Morgan fingerprint density at radius 2 is 2.18 bits per heavy atom. The second kappa shape index (κ2) is 6.50. The minimum atomic E-state index is -0.409. The first kappa shape index (κ1) is 13.8. The molecule has 0 bridgehead atoms. The van der Waals surface area contributed by atoms with Gasteiger partial charge in [-0.15, -0.1) is 0 Å². The van der Waals surface area contributed by atoms with E-state index < -0.39 is 5.97 Å². The van der Waals surface area contributed by atoms with Gasteiger partial charge in [-0.25, -0.2) is 4.79 Å². The van der Waals surface area contributed by atoms with Crippen molar-refractivity contribution >= 4 is 23.3 Å². The van der Waals surface area contributed by atoms with Crippen molar-refractivity contribution in [3.8, 4) is 0 Å². The lowest BCUT2D eigenvalue weighted by molar-refractivity contribution is 0.0496. The molecule has 0 aliphatic carbocycles. The van der Waals surface area contributed by atoms with Gasteiger partial charge in [-0.1, -0.05) is 31.5 Å². The van der Waals surface area contributed by atoms with E-state index in [1.54, 1.807) is 18.2 Å². The number of nitrogens with two attached hydrogens (primary N) is 1. The Bertz CT molecular complexity index is 391. The number of ether oxygens (including phenoxy) is 1. The van der Waals surface area contributed by atoms with E-state index in [0.29, 0.717) is 23.1 Å². The Hall–Kier alpha value is -1.22. The normalized spacial score (nSPS) is 10.6. The smallest absolute Gasteiger partial charge is 0.340 e. The zero-order valence-corrected chi connectivity index (χ0v) is 11.0. The van der Waals surface area contributed by atoms with E-state index in [2.05, 4.69) is 13.8 Å². The molecule has 0 amide bonds. The minimum absolute atomic E-state index is 0.281. The summed E-state index contributed by atoms with van der Waals surface area (Å²) in [6, 6.07) is 4.95. The van der Waals surface area contributed by atoms with Crippen LogP contribution in [0.4, 0.5) is 5.69 Å². The van der Waals surface area contributed by atoms with Crippen molar-refractivity contribution in [2.24, 2.45) is 5.92 Å². The van der Waals surface area contributed by atoms with Crippen molar-refractivity contribution in [1.82, 2.24) is 0 Å². The Morgan fingerprint density at radius 1 is 1.47 bits per heavy atom. The molecule has 0 saturated carbocycles. The molecule has 0 spiro atoms. The maximum Gasteiger partial charge on any atom is 0.340 e. The molecule has 0 aromatic heterocycles. The van der Waals surface area contributed by atoms with Gasteiger partial charge in [-0.3, -0.25) is 0 Å². The zero-order valence-electron chi connectivity index (χ0n) is 10.2. The zero-order chi connectivity index (χ0) is 12.8. The van der Waals surface area contributed by atoms with Crippen LogP contribution in [0.2, 0.25) is 5.02 Å². The molecular weight excluding hydrogens is 238 g/mol. The number of nitrogen functional groups attached to an aromatic ring is 1. The molecule has 0 aliphatic heterocycles. The van der Waals surface area contributed by atoms with E-state index in [-0.39, 0.29) is 5.69 Å². The van der Waals surface area contributed by atoms with Crippen LogP contribution in [0, 0.1) is 5.92 Å². The Morgan fingerprint density at radius 3 is 2.82 bits per heavy atom. The van der Waals surface area contributed by atoms with Crippen LogP contribution in [0.3, 0.4) is 0 Å². The summed E-state index contributed by atoms with van der Waals surface area (Å²) in [4.78, 5) is 11.7. The number of carbonyl (C=O) groups is 1. The van der Waals surface area contributed by atoms with E-state index in [0.717, 1.165) is 12.8 Å². The van der Waals surface area contributed by atoms with Gasteiger partial charge in [-0.05, 0) is 30.9 Å². The van der Waals surface area contributed by atoms with Gasteiger partial charge in [0.05, 0.1) is 22.9 Å². The SMILES string of the molecule is CC(C)CCCOC(=O)c1cccc(Cl)c1N. The Labute approximate surface area is 107 Å². The van der Waals surface area contributed by atoms with Crippen LogP contribution in [-0.4, -0.2) is 12.6 Å². The number of hydrogen-bond donors (Lipinski definition) is 1. The van der Waals surface area contributed by atoms with Crippen LogP contribution in [0.5, 0.6) is 0 Å². The van der Waals surface area contributed by atoms with Crippen LogP contribution in [-0.2, 0) is 4.74 Å². The summed E-state index contributed by atoms with van der Waals surface area (Å²) in [5.74, 6) is 0.207. The summed E-state index contributed by atoms with van der Waals surface area (Å²) in [7, 11) is 0. The van der Waals surface area contributed by atoms with Crippen LogP contribution < -0.4 is 5.73 Å². The molecule has 0 radical (unpaired) electrons. The molecule has 4 heteroatoms. The van der Waals surface area contributed by atoms with Crippen LogP contribution >= 0.6 is 11.6 Å². The third-order valence-electron chi connectivity index (χ3n) is 2.43. The number of benzene rings is 1. The maximum absolute atomic E-state index is 11.7. The number of esters is 1. The third-order valence-corrected chi connectivity index (χ3v) is 2.76. The predicted molar refractivity (Wildman–Crippen MR) is 70.2 cm³/mol. The highest BCUT2D eigenvalue weighted by Gasteiger charge is 2.12. The standard InChI is InChI=1S/C13H18ClNO2/c1-9(2)5-4-8-17-13(16)10-6-3-7-11(14)12(10)15/h3,6-7,9H,4-5,8,15H2,1-2H3. The predicted octanol–water partition coefficient (Wildman–Crippen LogP) is 3.52. The first-order chi connectivity index (χ1) is 8.02. The molecular formula is C13H18ClNO2. The molecule has 0 unspecified atom stereocenters. The molecule has 1 aromatic carbocycles. The van der Waals surface area contributed by atoms with Gasteiger partial charge in [-0.2, -0.15) is 0 Å². The molecule has 2 N–H and O–H groups in total. The highest BCUT2D eigenvalue weighted by molar-refractivity contribution is 6.33. The van der Waals surface area contributed by atoms with Crippen LogP contribution in [0.15, 0.2) is 18.2 Å². The average molecular weight is 256 g/mol. The van der Waals surface area contributed by atoms with Gasteiger partial charge in [0, 0.05) is 0 Å². The molecule has 17 heavy (non-hydrogen) atoms. The van der Waals surface area contributed by atoms with Gasteiger partial charge in [0.15, 0.2) is 0 Å². The number of rotatable bonds is 5. The van der Waals surface area contributed by atoms with Gasteiger partial charge < -0.3 is 10.5 Å². The lowest BCUT2D eigenvalue weighted by Gasteiger charge is -2.08. The topological polar surface area (TPSA) is 52.3 Å². The lowest BCUT2D eigenvalue weighted by Crippen LogP contribution is -2.09. The second-order valence-electron chi connectivity index (χ2n) is 4.37. The van der Waals surface area contributed by atoms with Crippen molar-refractivity contribution < 1.29 is 9.53 Å². The quantitative estimate of drug-likeness (QED) is 0.498. The van der Waals surface area contributed by atoms with E-state index >= 15 is 0 Å². The van der Waals surface area contributed by atoms with Gasteiger partial charge in [0.1, 0.15) is 0 Å². The van der Waals surface area contributed by atoms with Crippen molar-refractivity contribution in [3.05, 3.63) is 28.8 Å². The van der Waals surface area contributed by atoms with E-state index in [4.69, 9.17) is 22.1 Å². The monoisotopic (exact) mass is 255 g/mol. The van der Waals surface area contributed by atoms with Crippen LogP contribution in [0.1, 0.15) is 37.0 Å². The van der Waals surface area contributed by atoms with Crippen LogP contribution in [0.25, 0.3) is 0 Å². The first-order valence-electron chi connectivity index (χ1n) is 5.73. The van der Waals surface area contributed by atoms with Gasteiger partial charge >= 0.3 is 5.97 Å². The minimum Gasteiger partial charge on any atom is -0.462 e. The second-order valence-corrected chi connectivity index (χ2v) is 4.78. The summed E-state index contributed by atoms with van der Waals surface area (Å²) in [6.45, 7) is 4.69. The van der Waals surface area contributed by atoms with E-state index in [1.807, 2.05) is 0 Å². The number of hydrogen-bond acceptors (Lipinski definition) is 3. The molecule has 1 rings (SSSR count). The molecule has 1 aromatic rings. The fraction of sp³-hybridized carbons (Fsp3) is 0.462. The summed E-state index contributed by atoms with van der Waals surface area (Å²) < 4.78 is 5.14. The summed E-state index contributed by atoms with van der Waals surface area (Å²) in [5, 5.41) is 0.377. The number of anilines is 1. The van der Waals surface area contributed by atoms with Crippen molar-refractivity contribution in [3.63, 3.8) is 0 Å². The molecule has 0 aliphatic rings.